The molecule has 3 heterocycles. The number of carbonyl (C=O) groups is 1. The number of rotatable bonds is 3. The Kier molecular flexibility index (Phi) is 4.28. The number of likely N-dealkylation sites (tertiary alicyclic amines) is 1. The number of amides is 1. The van der Waals surface area contributed by atoms with Gasteiger partial charge in [0.2, 0.25) is 5.89 Å². The van der Waals surface area contributed by atoms with Crippen molar-refractivity contribution in [3.63, 3.8) is 0 Å². The molecule has 4 rings (SSSR count). The largest absolute Gasteiger partial charge is 0.472 e. The normalized spacial score (nSPS) is 15.5. The summed E-state index contributed by atoms with van der Waals surface area (Å²) in [5.41, 5.74) is 1.43. The Labute approximate surface area is 149 Å². The van der Waals surface area contributed by atoms with Crippen LogP contribution in [0.2, 0.25) is 5.02 Å². The standard InChI is InChI=1S/C18H16ClN3O3/c19-15-3-1-13(2-4-15)18(23)22-8-5-12(6-9-22)16-20-21-17(25-16)14-7-10-24-11-14/h1-4,7,10-12H,5-6,8-9H2. The molecule has 1 aromatic carbocycles. The van der Waals surface area contributed by atoms with Crippen LogP contribution in [0.15, 0.2) is 51.7 Å². The van der Waals surface area contributed by atoms with E-state index in [9.17, 15) is 4.79 Å². The lowest BCUT2D eigenvalue weighted by Crippen LogP contribution is -2.37. The molecule has 0 N–H and O–H groups in total. The van der Waals surface area contributed by atoms with Crippen molar-refractivity contribution in [3.8, 4) is 11.5 Å². The highest BCUT2D eigenvalue weighted by Crippen LogP contribution is 2.30. The number of benzene rings is 1. The number of hydrogen-bond donors (Lipinski definition) is 0. The summed E-state index contributed by atoms with van der Waals surface area (Å²) in [6, 6.07) is 8.76. The van der Waals surface area contributed by atoms with Gasteiger partial charge in [-0.15, -0.1) is 10.2 Å². The number of nitrogens with zero attached hydrogens (tertiary/aromatic N) is 3. The highest BCUT2D eigenvalue weighted by molar-refractivity contribution is 6.30. The Balaban J connectivity index is 1.40. The number of halogens is 1. The molecule has 3 aromatic rings. The molecule has 1 aliphatic rings. The molecule has 1 saturated heterocycles. The molecule has 0 aliphatic carbocycles. The van der Waals surface area contributed by atoms with Crippen LogP contribution in [0, 0.1) is 0 Å². The predicted octanol–water partition coefficient (Wildman–Crippen LogP) is 4.00. The number of aromatic nitrogens is 2. The Morgan fingerprint density at radius 3 is 2.56 bits per heavy atom. The molecule has 0 atom stereocenters. The minimum absolute atomic E-state index is 0.0275. The van der Waals surface area contributed by atoms with E-state index in [1.54, 1.807) is 42.9 Å². The van der Waals surface area contributed by atoms with Gasteiger partial charge in [0.05, 0.1) is 11.8 Å². The van der Waals surface area contributed by atoms with E-state index < -0.39 is 0 Å². The lowest BCUT2D eigenvalue weighted by atomic mass is 9.96. The molecule has 25 heavy (non-hydrogen) atoms. The smallest absolute Gasteiger partial charge is 0.253 e. The first kappa shape index (κ1) is 15.9. The van der Waals surface area contributed by atoms with Crippen molar-refractivity contribution in [2.24, 2.45) is 0 Å². The molecule has 128 valence electrons. The predicted molar refractivity (Wildman–Crippen MR) is 91.3 cm³/mol. The van der Waals surface area contributed by atoms with Crippen LogP contribution >= 0.6 is 11.6 Å². The van der Waals surface area contributed by atoms with Gasteiger partial charge in [0.25, 0.3) is 11.8 Å². The summed E-state index contributed by atoms with van der Waals surface area (Å²) in [5.74, 6) is 1.28. The monoisotopic (exact) mass is 357 g/mol. The molecule has 0 unspecified atom stereocenters. The van der Waals surface area contributed by atoms with Gasteiger partial charge in [-0.1, -0.05) is 11.6 Å². The molecular weight excluding hydrogens is 342 g/mol. The summed E-state index contributed by atoms with van der Waals surface area (Å²) in [4.78, 5) is 14.4. The fraction of sp³-hybridized carbons (Fsp3) is 0.278. The lowest BCUT2D eigenvalue weighted by molar-refractivity contribution is 0.0706. The van der Waals surface area contributed by atoms with E-state index in [1.807, 2.05) is 4.90 Å². The number of carbonyl (C=O) groups excluding carboxylic acids is 1. The van der Waals surface area contributed by atoms with E-state index in [0.717, 1.165) is 18.4 Å². The average Bonchev–Trinajstić information content (AvgIpc) is 3.33. The van der Waals surface area contributed by atoms with Gasteiger partial charge in [0.1, 0.15) is 6.26 Å². The van der Waals surface area contributed by atoms with Gasteiger partial charge in [-0.25, -0.2) is 0 Å². The Hall–Kier alpha value is -2.60. The van der Waals surface area contributed by atoms with Gasteiger partial charge in [0.15, 0.2) is 0 Å². The first-order valence-electron chi connectivity index (χ1n) is 8.11. The fourth-order valence-electron chi connectivity index (χ4n) is 3.01. The van der Waals surface area contributed by atoms with Crippen molar-refractivity contribution in [3.05, 3.63) is 59.3 Å². The number of hydrogen-bond acceptors (Lipinski definition) is 5. The maximum absolute atomic E-state index is 12.5. The summed E-state index contributed by atoms with van der Waals surface area (Å²) < 4.78 is 10.8. The number of piperidine rings is 1. The summed E-state index contributed by atoms with van der Waals surface area (Å²) in [7, 11) is 0. The van der Waals surface area contributed by atoms with Crippen molar-refractivity contribution in [1.82, 2.24) is 15.1 Å². The molecule has 1 amide bonds. The van der Waals surface area contributed by atoms with Crippen molar-refractivity contribution in [1.29, 1.82) is 0 Å². The summed E-state index contributed by atoms with van der Waals surface area (Å²) >= 11 is 5.87. The van der Waals surface area contributed by atoms with E-state index in [0.29, 0.717) is 35.5 Å². The minimum atomic E-state index is 0.0275. The fourth-order valence-corrected chi connectivity index (χ4v) is 3.13. The second kappa shape index (κ2) is 6.72. The maximum Gasteiger partial charge on any atom is 0.253 e. The van der Waals surface area contributed by atoms with Crippen molar-refractivity contribution < 1.29 is 13.6 Å². The summed E-state index contributed by atoms with van der Waals surface area (Å²) in [6.45, 7) is 1.32. The molecular formula is C18H16ClN3O3. The zero-order chi connectivity index (χ0) is 17.2. The second-order valence-corrected chi connectivity index (χ2v) is 6.47. The van der Waals surface area contributed by atoms with Crippen LogP contribution in [0.1, 0.15) is 35.0 Å². The van der Waals surface area contributed by atoms with Gasteiger partial charge in [-0.3, -0.25) is 4.79 Å². The first-order valence-corrected chi connectivity index (χ1v) is 8.49. The van der Waals surface area contributed by atoms with Crippen LogP contribution in [-0.4, -0.2) is 34.1 Å². The molecule has 1 fully saturated rings. The van der Waals surface area contributed by atoms with Crippen LogP contribution in [-0.2, 0) is 0 Å². The van der Waals surface area contributed by atoms with Gasteiger partial charge in [-0.05, 0) is 43.2 Å². The molecule has 1 aliphatic heterocycles. The third-order valence-corrected chi connectivity index (χ3v) is 4.68. The molecule has 0 saturated carbocycles. The highest BCUT2D eigenvalue weighted by Gasteiger charge is 2.28. The van der Waals surface area contributed by atoms with Gasteiger partial charge >= 0.3 is 0 Å². The number of furan rings is 1. The Morgan fingerprint density at radius 1 is 1.12 bits per heavy atom. The van der Waals surface area contributed by atoms with Crippen molar-refractivity contribution in [2.45, 2.75) is 18.8 Å². The second-order valence-electron chi connectivity index (χ2n) is 6.03. The lowest BCUT2D eigenvalue weighted by Gasteiger charge is -2.30. The van der Waals surface area contributed by atoms with Crippen LogP contribution in [0.25, 0.3) is 11.5 Å². The van der Waals surface area contributed by atoms with Crippen LogP contribution < -0.4 is 0 Å². The molecule has 0 spiro atoms. The van der Waals surface area contributed by atoms with Gasteiger partial charge in [-0.2, -0.15) is 0 Å². The quantitative estimate of drug-likeness (QED) is 0.708. The first-order chi connectivity index (χ1) is 12.2. The van der Waals surface area contributed by atoms with Crippen LogP contribution in [0.4, 0.5) is 0 Å². The third kappa shape index (κ3) is 3.30. The summed E-state index contributed by atoms with van der Waals surface area (Å²) in [5, 5.41) is 8.86. The Morgan fingerprint density at radius 2 is 1.88 bits per heavy atom. The SMILES string of the molecule is O=C(c1ccc(Cl)cc1)N1CCC(c2nnc(-c3ccoc3)o2)CC1. The summed E-state index contributed by atoms with van der Waals surface area (Å²) in [6.07, 6.45) is 4.74. The van der Waals surface area contributed by atoms with E-state index >= 15 is 0 Å². The van der Waals surface area contributed by atoms with E-state index in [2.05, 4.69) is 10.2 Å². The van der Waals surface area contributed by atoms with Gasteiger partial charge < -0.3 is 13.7 Å². The zero-order valence-electron chi connectivity index (χ0n) is 13.4. The molecule has 7 heteroatoms. The van der Waals surface area contributed by atoms with E-state index in [1.165, 1.54) is 0 Å². The van der Waals surface area contributed by atoms with Crippen LogP contribution in [0.5, 0.6) is 0 Å². The van der Waals surface area contributed by atoms with Crippen molar-refractivity contribution in [2.75, 3.05) is 13.1 Å². The topological polar surface area (TPSA) is 72.4 Å². The Bertz CT molecular complexity index is 850. The van der Waals surface area contributed by atoms with Crippen molar-refractivity contribution >= 4 is 17.5 Å². The minimum Gasteiger partial charge on any atom is -0.472 e. The molecule has 2 aromatic heterocycles. The maximum atomic E-state index is 12.5. The van der Waals surface area contributed by atoms with E-state index in [-0.39, 0.29) is 11.8 Å². The highest BCUT2D eigenvalue weighted by atomic mass is 35.5. The third-order valence-electron chi connectivity index (χ3n) is 4.43. The molecule has 0 bridgehead atoms. The average molecular weight is 358 g/mol. The zero-order valence-corrected chi connectivity index (χ0v) is 14.1. The van der Waals surface area contributed by atoms with Gasteiger partial charge in [0, 0.05) is 29.6 Å². The van der Waals surface area contributed by atoms with Crippen LogP contribution in [0.3, 0.4) is 0 Å². The molecule has 0 radical (unpaired) electrons. The molecule has 6 nitrogen and oxygen atoms in total. The van der Waals surface area contributed by atoms with E-state index in [4.69, 9.17) is 20.4 Å².